The van der Waals surface area contributed by atoms with Crippen molar-refractivity contribution in [1.29, 1.82) is 0 Å². The van der Waals surface area contributed by atoms with E-state index < -0.39 is 5.60 Å². The van der Waals surface area contributed by atoms with Gasteiger partial charge in [-0.25, -0.2) is 9.67 Å². The summed E-state index contributed by atoms with van der Waals surface area (Å²) < 4.78 is 1.73. The molecule has 1 heterocycles. The minimum absolute atomic E-state index is 0.197. The average Bonchev–Trinajstić information content (AvgIpc) is 2.98. The fraction of sp³-hybridized carbons (Fsp3) is 0.444. The van der Waals surface area contributed by atoms with E-state index in [-0.39, 0.29) is 5.41 Å². The third-order valence-corrected chi connectivity index (χ3v) is 4.90. The van der Waals surface area contributed by atoms with E-state index in [1.54, 1.807) is 11.0 Å². The van der Waals surface area contributed by atoms with Crippen LogP contribution in [0.4, 0.5) is 0 Å². The lowest BCUT2D eigenvalue weighted by atomic mass is 9.62. The van der Waals surface area contributed by atoms with E-state index in [4.69, 9.17) is 0 Å². The Labute approximate surface area is 131 Å². The number of rotatable bonds is 3. The Hall–Kier alpha value is -1.94. The van der Waals surface area contributed by atoms with Crippen molar-refractivity contribution in [1.82, 2.24) is 14.8 Å². The van der Waals surface area contributed by atoms with Crippen LogP contribution in [0, 0.1) is 5.41 Å². The van der Waals surface area contributed by atoms with Gasteiger partial charge in [0, 0.05) is 0 Å². The summed E-state index contributed by atoms with van der Waals surface area (Å²) in [6, 6.07) is 10.2. The van der Waals surface area contributed by atoms with Gasteiger partial charge in [-0.05, 0) is 35.8 Å². The smallest absolute Gasteiger partial charge is 0.137 e. The molecule has 4 heteroatoms. The maximum atomic E-state index is 11.5. The second-order valence-corrected chi connectivity index (χ2v) is 6.77. The van der Waals surface area contributed by atoms with Gasteiger partial charge >= 0.3 is 0 Å². The number of nitrogens with zero attached hydrogens (tertiary/aromatic N) is 3. The van der Waals surface area contributed by atoms with Gasteiger partial charge < -0.3 is 5.11 Å². The first-order valence-electron chi connectivity index (χ1n) is 7.82. The van der Waals surface area contributed by atoms with Gasteiger partial charge in [0.1, 0.15) is 18.3 Å². The maximum absolute atomic E-state index is 11.5. The second kappa shape index (κ2) is 5.69. The van der Waals surface area contributed by atoms with E-state index in [0.29, 0.717) is 6.54 Å². The molecule has 1 aromatic carbocycles. The van der Waals surface area contributed by atoms with Crippen LogP contribution in [0.5, 0.6) is 0 Å². The highest BCUT2D eigenvalue weighted by Gasteiger charge is 2.48. The molecule has 4 nitrogen and oxygen atoms in total. The first-order chi connectivity index (χ1) is 10.5. The van der Waals surface area contributed by atoms with E-state index in [1.165, 1.54) is 6.33 Å². The fourth-order valence-corrected chi connectivity index (χ4v) is 3.38. The summed E-state index contributed by atoms with van der Waals surface area (Å²) in [6.07, 6.45) is 8.35. The summed E-state index contributed by atoms with van der Waals surface area (Å²) in [5.41, 5.74) is 1.12. The largest absolute Gasteiger partial charge is 0.383 e. The molecule has 116 valence electrons. The number of aliphatic hydroxyl groups is 1. The molecule has 1 saturated carbocycles. The molecule has 1 aliphatic rings. The minimum atomic E-state index is -0.908. The minimum Gasteiger partial charge on any atom is -0.383 e. The second-order valence-electron chi connectivity index (χ2n) is 6.77. The molecular formula is C18H23N3O. The van der Waals surface area contributed by atoms with Crippen LogP contribution >= 0.6 is 0 Å². The molecule has 0 bridgehead atoms. The number of hydrogen-bond acceptors (Lipinski definition) is 3. The van der Waals surface area contributed by atoms with Crippen LogP contribution in [0.3, 0.4) is 0 Å². The topological polar surface area (TPSA) is 50.9 Å². The molecule has 1 fully saturated rings. The first kappa shape index (κ1) is 15.0. The average molecular weight is 297 g/mol. The van der Waals surface area contributed by atoms with Crippen LogP contribution in [-0.4, -0.2) is 25.5 Å². The highest BCUT2D eigenvalue weighted by Crippen LogP contribution is 2.48. The Bertz CT molecular complexity index is 646. The SMILES string of the molecule is CC1(C)CCC/C(=C\c2ccccc2)C1(O)Cn1cncn1. The molecule has 0 amide bonds. The van der Waals surface area contributed by atoms with Gasteiger partial charge in [0.15, 0.2) is 0 Å². The van der Waals surface area contributed by atoms with Crippen molar-refractivity contribution in [3.05, 3.63) is 54.1 Å². The number of hydrogen-bond donors (Lipinski definition) is 1. The molecule has 0 saturated heterocycles. The Morgan fingerprint density at radius 1 is 1.27 bits per heavy atom. The third-order valence-electron chi connectivity index (χ3n) is 4.90. The van der Waals surface area contributed by atoms with Gasteiger partial charge in [-0.2, -0.15) is 5.10 Å². The zero-order chi connectivity index (χ0) is 15.6. The van der Waals surface area contributed by atoms with Crippen LogP contribution in [0.15, 0.2) is 48.6 Å². The van der Waals surface area contributed by atoms with Crippen LogP contribution in [0.1, 0.15) is 38.7 Å². The van der Waals surface area contributed by atoms with Gasteiger partial charge in [0.25, 0.3) is 0 Å². The van der Waals surface area contributed by atoms with E-state index in [1.807, 2.05) is 18.2 Å². The molecule has 3 rings (SSSR count). The molecule has 1 unspecified atom stereocenters. The molecule has 2 aromatic rings. The Balaban J connectivity index is 2.00. The zero-order valence-corrected chi connectivity index (χ0v) is 13.2. The summed E-state index contributed by atoms with van der Waals surface area (Å²) in [4.78, 5) is 4.00. The summed E-state index contributed by atoms with van der Waals surface area (Å²) in [7, 11) is 0. The van der Waals surface area contributed by atoms with E-state index >= 15 is 0 Å². The molecule has 0 radical (unpaired) electrons. The van der Waals surface area contributed by atoms with Gasteiger partial charge in [0.2, 0.25) is 0 Å². The number of aromatic nitrogens is 3. The zero-order valence-electron chi connectivity index (χ0n) is 13.2. The van der Waals surface area contributed by atoms with Crippen molar-refractivity contribution in [2.24, 2.45) is 5.41 Å². The summed E-state index contributed by atoms with van der Waals surface area (Å²) in [6.45, 7) is 4.72. The summed E-state index contributed by atoms with van der Waals surface area (Å²) >= 11 is 0. The van der Waals surface area contributed by atoms with Crippen LogP contribution in [0.2, 0.25) is 0 Å². The lowest BCUT2D eigenvalue weighted by molar-refractivity contribution is -0.0692. The fourth-order valence-electron chi connectivity index (χ4n) is 3.38. The first-order valence-corrected chi connectivity index (χ1v) is 7.82. The summed E-state index contributed by atoms with van der Waals surface area (Å²) in [5.74, 6) is 0. The van der Waals surface area contributed by atoms with Gasteiger partial charge in [-0.3, -0.25) is 0 Å². The standard InChI is InChI=1S/C18H23N3O/c1-17(2)10-6-9-16(11-15-7-4-3-5-8-15)18(17,22)12-21-14-19-13-20-21/h3-5,7-8,11,13-14,22H,6,9-10,12H2,1-2H3/b16-11+. The van der Waals surface area contributed by atoms with Crippen molar-refractivity contribution in [2.75, 3.05) is 0 Å². The predicted molar refractivity (Wildman–Crippen MR) is 87.0 cm³/mol. The molecule has 0 aliphatic heterocycles. The lowest BCUT2D eigenvalue weighted by Gasteiger charge is -2.48. The van der Waals surface area contributed by atoms with Gasteiger partial charge in [-0.15, -0.1) is 0 Å². The lowest BCUT2D eigenvalue weighted by Crippen LogP contribution is -2.52. The van der Waals surface area contributed by atoms with Crippen LogP contribution in [0.25, 0.3) is 6.08 Å². The van der Waals surface area contributed by atoms with Crippen molar-refractivity contribution in [3.63, 3.8) is 0 Å². The highest BCUT2D eigenvalue weighted by atomic mass is 16.3. The van der Waals surface area contributed by atoms with E-state index in [2.05, 4.69) is 42.1 Å². The van der Waals surface area contributed by atoms with Crippen molar-refractivity contribution in [3.8, 4) is 0 Å². The monoisotopic (exact) mass is 297 g/mol. The van der Waals surface area contributed by atoms with Crippen LogP contribution in [-0.2, 0) is 6.54 Å². The van der Waals surface area contributed by atoms with Crippen molar-refractivity contribution < 1.29 is 5.11 Å². The predicted octanol–water partition coefficient (Wildman–Crippen LogP) is 3.30. The molecule has 1 N–H and O–H groups in total. The molecule has 22 heavy (non-hydrogen) atoms. The molecule has 0 spiro atoms. The van der Waals surface area contributed by atoms with E-state index in [0.717, 1.165) is 30.4 Å². The highest BCUT2D eigenvalue weighted by molar-refractivity contribution is 5.56. The quantitative estimate of drug-likeness (QED) is 0.945. The maximum Gasteiger partial charge on any atom is 0.137 e. The molecular weight excluding hydrogens is 274 g/mol. The summed E-state index contributed by atoms with van der Waals surface area (Å²) in [5, 5.41) is 15.7. The molecule has 1 aromatic heterocycles. The van der Waals surface area contributed by atoms with E-state index in [9.17, 15) is 5.11 Å². The van der Waals surface area contributed by atoms with Crippen molar-refractivity contribution >= 4 is 6.08 Å². The van der Waals surface area contributed by atoms with Crippen LogP contribution < -0.4 is 0 Å². The molecule has 1 atom stereocenters. The third kappa shape index (κ3) is 2.71. The Morgan fingerprint density at radius 2 is 2.05 bits per heavy atom. The number of benzene rings is 1. The Morgan fingerprint density at radius 3 is 2.73 bits per heavy atom. The normalized spacial score (nSPS) is 26.2. The molecule has 1 aliphatic carbocycles. The van der Waals surface area contributed by atoms with Gasteiger partial charge in [0.05, 0.1) is 6.54 Å². The van der Waals surface area contributed by atoms with Crippen molar-refractivity contribution in [2.45, 2.75) is 45.3 Å². The Kier molecular flexibility index (Phi) is 3.87. The van der Waals surface area contributed by atoms with Gasteiger partial charge in [-0.1, -0.05) is 50.3 Å².